The van der Waals surface area contributed by atoms with Crippen LogP contribution in [0.1, 0.15) is 43.8 Å². The molecule has 0 aliphatic rings. The Morgan fingerprint density at radius 1 is 1.33 bits per heavy atom. The summed E-state index contributed by atoms with van der Waals surface area (Å²) >= 11 is 1.67. The van der Waals surface area contributed by atoms with Crippen molar-refractivity contribution in [2.45, 2.75) is 46.2 Å². The van der Waals surface area contributed by atoms with Crippen LogP contribution in [0.2, 0.25) is 0 Å². The lowest BCUT2D eigenvalue weighted by Crippen LogP contribution is -2.24. The van der Waals surface area contributed by atoms with Crippen molar-refractivity contribution in [3.05, 3.63) is 39.0 Å². The fourth-order valence-corrected chi connectivity index (χ4v) is 2.65. The standard InChI is InChI=1S/C13H19N3OS/c1-4-5-15-6-7-16(13(15)17)8-11-9-18-12(14-11)10(2)3/h6-7,9-10H,4-5,8H2,1-3H3. The molecule has 0 atom stereocenters. The van der Waals surface area contributed by atoms with E-state index in [-0.39, 0.29) is 5.69 Å². The summed E-state index contributed by atoms with van der Waals surface area (Å²) in [6.07, 6.45) is 4.66. The van der Waals surface area contributed by atoms with Gasteiger partial charge in [0, 0.05) is 30.2 Å². The largest absolute Gasteiger partial charge is 0.328 e. The topological polar surface area (TPSA) is 39.8 Å². The number of hydrogen-bond acceptors (Lipinski definition) is 3. The summed E-state index contributed by atoms with van der Waals surface area (Å²) in [7, 11) is 0. The van der Waals surface area contributed by atoms with E-state index in [9.17, 15) is 4.79 Å². The third kappa shape index (κ3) is 2.72. The van der Waals surface area contributed by atoms with E-state index in [0.717, 1.165) is 23.7 Å². The van der Waals surface area contributed by atoms with Crippen molar-refractivity contribution in [2.75, 3.05) is 0 Å². The van der Waals surface area contributed by atoms with Crippen LogP contribution in [0.3, 0.4) is 0 Å². The molecule has 5 heteroatoms. The van der Waals surface area contributed by atoms with Crippen LogP contribution in [0.5, 0.6) is 0 Å². The summed E-state index contributed by atoms with van der Waals surface area (Å²) in [6.45, 7) is 7.68. The molecule has 2 aromatic rings. The Balaban J connectivity index is 2.15. The molecular weight excluding hydrogens is 246 g/mol. The Kier molecular flexibility index (Phi) is 4.01. The summed E-state index contributed by atoms with van der Waals surface area (Å²) in [6, 6.07) is 0. The predicted molar refractivity (Wildman–Crippen MR) is 74.3 cm³/mol. The Hall–Kier alpha value is -1.36. The second kappa shape index (κ2) is 5.52. The molecule has 0 fully saturated rings. The van der Waals surface area contributed by atoms with E-state index in [2.05, 4.69) is 25.8 Å². The zero-order chi connectivity index (χ0) is 13.1. The molecule has 0 aliphatic carbocycles. The average molecular weight is 265 g/mol. The van der Waals surface area contributed by atoms with Gasteiger partial charge in [-0.2, -0.15) is 0 Å². The Bertz CT molecular complexity index is 565. The molecule has 0 spiro atoms. The molecule has 0 aliphatic heterocycles. The number of aromatic nitrogens is 3. The molecule has 0 amide bonds. The number of aryl methyl sites for hydroxylation is 1. The van der Waals surface area contributed by atoms with Crippen LogP contribution in [0, 0.1) is 0 Å². The minimum absolute atomic E-state index is 0.0518. The number of imidazole rings is 1. The van der Waals surface area contributed by atoms with Gasteiger partial charge in [-0.15, -0.1) is 11.3 Å². The summed E-state index contributed by atoms with van der Waals surface area (Å²) in [4.78, 5) is 16.6. The van der Waals surface area contributed by atoms with Gasteiger partial charge >= 0.3 is 5.69 Å². The van der Waals surface area contributed by atoms with Crippen molar-refractivity contribution in [3.63, 3.8) is 0 Å². The first-order chi connectivity index (χ1) is 8.61. The Morgan fingerprint density at radius 3 is 2.67 bits per heavy atom. The molecule has 0 N–H and O–H groups in total. The smallest absolute Gasteiger partial charge is 0.299 e. The lowest BCUT2D eigenvalue weighted by atomic mass is 10.2. The summed E-state index contributed by atoms with van der Waals surface area (Å²) < 4.78 is 3.46. The van der Waals surface area contributed by atoms with E-state index in [1.165, 1.54) is 0 Å². The Morgan fingerprint density at radius 2 is 2.06 bits per heavy atom. The molecule has 0 unspecified atom stereocenters. The van der Waals surface area contributed by atoms with Gasteiger partial charge < -0.3 is 0 Å². The Labute approximate surface area is 111 Å². The van der Waals surface area contributed by atoms with E-state index >= 15 is 0 Å². The van der Waals surface area contributed by atoms with Crippen LogP contribution in [-0.4, -0.2) is 14.1 Å². The number of nitrogens with zero attached hydrogens (tertiary/aromatic N) is 3. The van der Waals surface area contributed by atoms with Gasteiger partial charge in [-0.25, -0.2) is 9.78 Å². The number of hydrogen-bond donors (Lipinski definition) is 0. The lowest BCUT2D eigenvalue weighted by molar-refractivity contribution is 0.621. The van der Waals surface area contributed by atoms with Crippen LogP contribution in [0.15, 0.2) is 22.6 Å². The van der Waals surface area contributed by atoms with Crippen molar-refractivity contribution >= 4 is 11.3 Å². The van der Waals surface area contributed by atoms with Crippen molar-refractivity contribution < 1.29 is 0 Å². The fraction of sp³-hybridized carbons (Fsp3) is 0.538. The predicted octanol–water partition coefficient (Wildman–Crippen LogP) is 2.69. The third-order valence-electron chi connectivity index (χ3n) is 2.78. The first-order valence-electron chi connectivity index (χ1n) is 6.31. The van der Waals surface area contributed by atoms with Gasteiger partial charge in [0.15, 0.2) is 0 Å². The van der Waals surface area contributed by atoms with Crippen LogP contribution in [-0.2, 0) is 13.1 Å². The maximum atomic E-state index is 12.0. The van der Waals surface area contributed by atoms with E-state index < -0.39 is 0 Å². The molecule has 98 valence electrons. The van der Waals surface area contributed by atoms with Gasteiger partial charge in [-0.1, -0.05) is 20.8 Å². The van der Waals surface area contributed by atoms with Crippen LogP contribution in [0.25, 0.3) is 0 Å². The highest BCUT2D eigenvalue weighted by atomic mass is 32.1. The molecule has 0 radical (unpaired) electrons. The van der Waals surface area contributed by atoms with Crippen LogP contribution in [0.4, 0.5) is 0 Å². The van der Waals surface area contributed by atoms with E-state index in [1.54, 1.807) is 20.5 Å². The van der Waals surface area contributed by atoms with Gasteiger partial charge in [-0.05, 0) is 6.42 Å². The molecule has 0 bridgehead atoms. The fourth-order valence-electron chi connectivity index (χ4n) is 1.82. The molecule has 0 aromatic carbocycles. The highest BCUT2D eigenvalue weighted by molar-refractivity contribution is 7.09. The minimum atomic E-state index is 0.0518. The van der Waals surface area contributed by atoms with E-state index in [0.29, 0.717) is 12.5 Å². The molecule has 2 aromatic heterocycles. The van der Waals surface area contributed by atoms with Crippen molar-refractivity contribution in [2.24, 2.45) is 0 Å². The summed E-state index contributed by atoms with van der Waals surface area (Å²) in [5, 5.41) is 3.17. The number of rotatable bonds is 5. The zero-order valence-corrected chi connectivity index (χ0v) is 11.9. The van der Waals surface area contributed by atoms with Crippen molar-refractivity contribution in [3.8, 4) is 0 Å². The molecule has 4 nitrogen and oxygen atoms in total. The van der Waals surface area contributed by atoms with Gasteiger partial charge in [0.1, 0.15) is 0 Å². The van der Waals surface area contributed by atoms with Gasteiger partial charge in [0.2, 0.25) is 0 Å². The van der Waals surface area contributed by atoms with Gasteiger partial charge in [0.25, 0.3) is 0 Å². The quantitative estimate of drug-likeness (QED) is 0.834. The van der Waals surface area contributed by atoms with Crippen LogP contribution < -0.4 is 5.69 Å². The maximum absolute atomic E-state index is 12.0. The lowest BCUT2D eigenvalue weighted by Gasteiger charge is -1.99. The van der Waals surface area contributed by atoms with Crippen molar-refractivity contribution in [1.29, 1.82) is 0 Å². The third-order valence-corrected chi connectivity index (χ3v) is 3.97. The van der Waals surface area contributed by atoms with E-state index in [1.807, 2.05) is 17.8 Å². The monoisotopic (exact) mass is 265 g/mol. The highest BCUT2D eigenvalue weighted by Gasteiger charge is 2.08. The SMILES string of the molecule is CCCn1ccn(Cc2csc(C(C)C)n2)c1=O. The molecule has 0 saturated carbocycles. The average Bonchev–Trinajstić information content (AvgIpc) is 2.91. The van der Waals surface area contributed by atoms with Crippen LogP contribution >= 0.6 is 11.3 Å². The van der Waals surface area contributed by atoms with Gasteiger partial charge in [-0.3, -0.25) is 9.13 Å². The minimum Gasteiger partial charge on any atom is -0.299 e. The second-order valence-electron chi connectivity index (χ2n) is 4.73. The first-order valence-corrected chi connectivity index (χ1v) is 7.19. The second-order valence-corrected chi connectivity index (χ2v) is 5.62. The molecule has 18 heavy (non-hydrogen) atoms. The molecule has 2 heterocycles. The number of thiazole rings is 1. The van der Waals surface area contributed by atoms with Gasteiger partial charge in [0.05, 0.1) is 17.2 Å². The molecular formula is C13H19N3OS. The maximum Gasteiger partial charge on any atom is 0.328 e. The summed E-state index contributed by atoms with van der Waals surface area (Å²) in [5.41, 5.74) is 1.02. The highest BCUT2D eigenvalue weighted by Crippen LogP contribution is 2.19. The summed E-state index contributed by atoms with van der Waals surface area (Å²) in [5.74, 6) is 0.449. The molecule has 0 saturated heterocycles. The normalized spacial score (nSPS) is 11.3. The molecule has 2 rings (SSSR count). The first kappa shape index (κ1) is 13.1. The zero-order valence-electron chi connectivity index (χ0n) is 11.1. The van der Waals surface area contributed by atoms with E-state index in [4.69, 9.17) is 0 Å². The van der Waals surface area contributed by atoms with Crippen molar-refractivity contribution in [1.82, 2.24) is 14.1 Å².